The molecule has 0 unspecified atom stereocenters. The number of nitrogens with zero attached hydrogens (tertiary/aromatic N) is 3. The summed E-state index contributed by atoms with van der Waals surface area (Å²) < 4.78 is 0. The van der Waals surface area contributed by atoms with Gasteiger partial charge in [-0.1, -0.05) is 22.0 Å². The van der Waals surface area contributed by atoms with Crippen molar-refractivity contribution in [3.63, 3.8) is 0 Å². The van der Waals surface area contributed by atoms with Crippen LogP contribution in [-0.4, -0.2) is 17.0 Å². The van der Waals surface area contributed by atoms with Crippen LogP contribution in [-0.2, 0) is 11.9 Å². The van der Waals surface area contributed by atoms with Crippen molar-refractivity contribution in [3.05, 3.63) is 40.3 Å². The molecule has 84 valence electrons. The number of halogens is 1. The van der Waals surface area contributed by atoms with Gasteiger partial charge in [0, 0.05) is 29.6 Å². The van der Waals surface area contributed by atoms with E-state index in [2.05, 4.69) is 43.4 Å². The van der Waals surface area contributed by atoms with Crippen LogP contribution in [0, 0.1) is 0 Å². The minimum Gasteiger partial charge on any atom is -0.339 e. The van der Waals surface area contributed by atoms with Gasteiger partial charge in [-0.3, -0.25) is 0 Å². The fraction of sp³-hybridized carbons (Fsp3) is 0.273. The van der Waals surface area contributed by atoms with Crippen molar-refractivity contribution in [1.82, 2.24) is 9.97 Å². The molecule has 0 aromatic carbocycles. The first-order valence-electron chi connectivity index (χ1n) is 4.90. The van der Waals surface area contributed by atoms with Gasteiger partial charge in [0.15, 0.2) is 0 Å². The molecule has 3 nitrogen and oxygen atoms in total. The lowest BCUT2D eigenvalue weighted by molar-refractivity contribution is 0.874. The predicted molar refractivity (Wildman–Crippen MR) is 71.1 cm³/mol. The van der Waals surface area contributed by atoms with E-state index in [1.54, 1.807) is 11.3 Å². The van der Waals surface area contributed by atoms with Crippen molar-refractivity contribution in [2.75, 3.05) is 11.9 Å². The highest BCUT2D eigenvalue weighted by molar-refractivity contribution is 9.08. The van der Waals surface area contributed by atoms with Crippen LogP contribution in [0.3, 0.4) is 0 Å². The van der Waals surface area contributed by atoms with Gasteiger partial charge in [-0.05, 0) is 17.0 Å². The average Bonchev–Trinajstić information content (AvgIpc) is 2.82. The summed E-state index contributed by atoms with van der Waals surface area (Å²) in [5.74, 6) is 0.762. The third-order valence-electron chi connectivity index (χ3n) is 2.16. The summed E-state index contributed by atoms with van der Waals surface area (Å²) in [5, 5.41) is 2.87. The molecule has 0 saturated carbocycles. The summed E-state index contributed by atoms with van der Waals surface area (Å²) >= 11 is 5.12. The van der Waals surface area contributed by atoms with E-state index in [9.17, 15) is 0 Å². The number of hydrogen-bond acceptors (Lipinski definition) is 4. The van der Waals surface area contributed by atoms with Gasteiger partial charge < -0.3 is 4.90 Å². The number of thiophene rings is 1. The van der Waals surface area contributed by atoms with E-state index in [1.807, 2.05) is 24.3 Å². The summed E-state index contributed by atoms with van der Waals surface area (Å²) in [4.78, 5) is 12.0. The Morgan fingerprint density at radius 2 is 2.12 bits per heavy atom. The molecule has 16 heavy (non-hydrogen) atoms. The maximum Gasteiger partial charge on any atom is 0.225 e. The van der Waals surface area contributed by atoms with Crippen LogP contribution in [0.15, 0.2) is 29.9 Å². The molecule has 0 aliphatic rings. The van der Waals surface area contributed by atoms with Gasteiger partial charge in [-0.15, -0.1) is 11.3 Å². The van der Waals surface area contributed by atoms with E-state index in [0.717, 1.165) is 23.4 Å². The Balaban J connectivity index is 2.05. The average molecular weight is 298 g/mol. The van der Waals surface area contributed by atoms with Crippen molar-refractivity contribution in [3.8, 4) is 0 Å². The summed E-state index contributed by atoms with van der Waals surface area (Å²) in [7, 11) is 2.00. The molecule has 0 aliphatic heterocycles. The van der Waals surface area contributed by atoms with Crippen LogP contribution in [0.1, 0.15) is 10.4 Å². The second-order valence-electron chi connectivity index (χ2n) is 3.46. The van der Waals surface area contributed by atoms with E-state index in [4.69, 9.17) is 0 Å². The molecule has 0 bridgehead atoms. The molecule has 2 rings (SSSR count). The van der Waals surface area contributed by atoms with Crippen LogP contribution in [0.2, 0.25) is 0 Å². The molecule has 2 aromatic heterocycles. The Morgan fingerprint density at radius 3 is 2.69 bits per heavy atom. The second-order valence-corrected chi connectivity index (χ2v) is 5.05. The highest BCUT2D eigenvalue weighted by atomic mass is 79.9. The molecule has 5 heteroatoms. The van der Waals surface area contributed by atoms with Gasteiger partial charge in [0.05, 0.1) is 6.54 Å². The van der Waals surface area contributed by atoms with Gasteiger partial charge in [-0.25, -0.2) is 9.97 Å². The van der Waals surface area contributed by atoms with Crippen molar-refractivity contribution < 1.29 is 0 Å². The van der Waals surface area contributed by atoms with E-state index < -0.39 is 0 Å². The molecule has 0 N–H and O–H groups in total. The topological polar surface area (TPSA) is 29.0 Å². The predicted octanol–water partition coefficient (Wildman–Crippen LogP) is 3.07. The molecule has 0 amide bonds. The highest BCUT2D eigenvalue weighted by Gasteiger charge is 2.05. The zero-order valence-corrected chi connectivity index (χ0v) is 11.3. The lowest BCUT2D eigenvalue weighted by atomic mass is 10.4. The van der Waals surface area contributed by atoms with Gasteiger partial charge in [0.25, 0.3) is 0 Å². The SMILES string of the molecule is CN(Cc1cccs1)c1ncc(CBr)cn1. The van der Waals surface area contributed by atoms with Crippen molar-refractivity contribution >= 4 is 33.2 Å². The van der Waals surface area contributed by atoms with E-state index in [-0.39, 0.29) is 0 Å². The van der Waals surface area contributed by atoms with Crippen LogP contribution < -0.4 is 4.90 Å². The lowest BCUT2D eigenvalue weighted by Gasteiger charge is -2.15. The number of alkyl halides is 1. The van der Waals surface area contributed by atoms with E-state index in [0.29, 0.717) is 0 Å². The Bertz CT molecular complexity index is 427. The minimum atomic E-state index is 0.762. The van der Waals surface area contributed by atoms with Gasteiger partial charge >= 0.3 is 0 Å². The van der Waals surface area contributed by atoms with E-state index in [1.165, 1.54) is 4.88 Å². The van der Waals surface area contributed by atoms with Crippen molar-refractivity contribution in [2.45, 2.75) is 11.9 Å². The molecule has 0 spiro atoms. The summed E-state index contributed by atoms with van der Waals surface area (Å²) in [6.45, 7) is 0.853. The number of rotatable bonds is 4. The number of anilines is 1. The maximum atomic E-state index is 4.32. The van der Waals surface area contributed by atoms with Crippen LogP contribution >= 0.6 is 27.3 Å². The third-order valence-corrected chi connectivity index (χ3v) is 3.67. The highest BCUT2D eigenvalue weighted by Crippen LogP contribution is 2.14. The maximum absolute atomic E-state index is 4.32. The number of aromatic nitrogens is 2. The first kappa shape index (κ1) is 11.5. The van der Waals surface area contributed by atoms with Crippen molar-refractivity contribution in [1.29, 1.82) is 0 Å². The van der Waals surface area contributed by atoms with Gasteiger partial charge in [0.2, 0.25) is 5.95 Å². The zero-order chi connectivity index (χ0) is 11.4. The normalized spacial score (nSPS) is 10.4. The summed E-state index contributed by atoms with van der Waals surface area (Å²) in [6.07, 6.45) is 3.70. The van der Waals surface area contributed by atoms with Gasteiger partial charge in [-0.2, -0.15) is 0 Å². The van der Waals surface area contributed by atoms with Crippen LogP contribution in [0.25, 0.3) is 0 Å². The van der Waals surface area contributed by atoms with Crippen LogP contribution in [0.5, 0.6) is 0 Å². The lowest BCUT2D eigenvalue weighted by Crippen LogP contribution is -2.18. The Morgan fingerprint density at radius 1 is 1.38 bits per heavy atom. The van der Waals surface area contributed by atoms with E-state index >= 15 is 0 Å². The molecular formula is C11H12BrN3S. The summed E-state index contributed by atoms with van der Waals surface area (Å²) in [6, 6.07) is 4.18. The fourth-order valence-corrected chi connectivity index (χ4v) is 2.37. The molecule has 0 radical (unpaired) electrons. The molecular weight excluding hydrogens is 286 g/mol. The standard InChI is InChI=1S/C11H12BrN3S/c1-15(8-10-3-2-4-16-10)11-13-6-9(5-12)7-14-11/h2-4,6-7H,5,8H2,1H3. The zero-order valence-electron chi connectivity index (χ0n) is 8.93. The molecule has 0 saturated heterocycles. The third kappa shape index (κ3) is 2.80. The minimum absolute atomic E-state index is 0.762. The van der Waals surface area contributed by atoms with Gasteiger partial charge in [0.1, 0.15) is 0 Å². The van der Waals surface area contributed by atoms with Crippen LogP contribution in [0.4, 0.5) is 5.95 Å². The summed E-state index contributed by atoms with van der Waals surface area (Å²) in [5.41, 5.74) is 1.09. The second kappa shape index (κ2) is 5.41. The molecule has 0 aliphatic carbocycles. The Kier molecular flexibility index (Phi) is 3.90. The first-order chi connectivity index (χ1) is 7.79. The largest absolute Gasteiger partial charge is 0.339 e. The number of hydrogen-bond donors (Lipinski definition) is 0. The quantitative estimate of drug-likeness (QED) is 0.812. The first-order valence-corrected chi connectivity index (χ1v) is 6.90. The molecule has 2 aromatic rings. The fourth-order valence-electron chi connectivity index (χ4n) is 1.32. The van der Waals surface area contributed by atoms with Crippen molar-refractivity contribution in [2.24, 2.45) is 0 Å². The molecule has 2 heterocycles. The molecule has 0 atom stereocenters. The molecule has 0 fully saturated rings. The Hall–Kier alpha value is -0.940. The smallest absolute Gasteiger partial charge is 0.225 e. The monoisotopic (exact) mass is 297 g/mol. The Labute approximate surface area is 107 Å².